The van der Waals surface area contributed by atoms with E-state index in [1.165, 1.54) is 12.8 Å². The largest absolute Gasteiger partial charge is 0.597 e. The van der Waals surface area contributed by atoms with Crippen molar-refractivity contribution < 1.29 is 14.1 Å². The molecule has 1 aliphatic heterocycles. The summed E-state index contributed by atoms with van der Waals surface area (Å²) in [5.41, 5.74) is 0. The van der Waals surface area contributed by atoms with E-state index in [-0.39, 0.29) is 17.0 Å². The van der Waals surface area contributed by atoms with Gasteiger partial charge in [0.1, 0.15) is 10.8 Å². The summed E-state index contributed by atoms with van der Waals surface area (Å²) in [6.45, 7) is 6.26. The molecule has 0 bridgehead atoms. The summed E-state index contributed by atoms with van der Waals surface area (Å²) in [6.07, 6.45) is 2.10. The van der Waals surface area contributed by atoms with Gasteiger partial charge < -0.3 is 9.29 Å². The molecule has 0 radical (unpaired) electrons. The highest BCUT2D eigenvalue weighted by molar-refractivity contribution is 7.90. The van der Waals surface area contributed by atoms with E-state index >= 15 is 0 Å². The Labute approximate surface area is 93.3 Å². The van der Waals surface area contributed by atoms with Crippen molar-refractivity contribution in [3.8, 4) is 0 Å². The van der Waals surface area contributed by atoms with Crippen LogP contribution in [0.4, 0.5) is 0 Å². The third-order valence-corrected chi connectivity index (χ3v) is 4.64. The van der Waals surface area contributed by atoms with Gasteiger partial charge in [-0.25, -0.2) is 0 Å². The van der Waals surface area contributed by atoms with Crippen molar-refractivity contribution in [2.45, 2.75) is 50.6 Å². The van der Waals surface area contributed by atoms with Gasteiger partial charge in [-0.05, 0) is 39.5 Å². The summed E-state index contributed by atoms with van der Waals surface area (Å²) in [6, 6.07) is 0.204. The van der Waals surface area contributed by atoms with E-state index in [1.807, 2.05) is 25.1 Å². The second kappa shape index (κ2) is 3.64. The van der Waals surface area contributed by atoms with Crippen molar-refractivity contribution in [3.63, 3.8) is 0 Å². The highest BCUT2D eigenvalue weighted by Crippen LogP contribution is 2.50. The third-order valence-electron chi connectivity index (χ3n) is 2.76. The van der Waals surface area contributed by atoms with Gasteiger partial charge in [-0.3, -0.25) is 4.79 Å². The summed E-state index contributed by atoms with van der Waals surface area (Å²) < 4.78 is 18.6. The molecule has 0 aromatic rings. The maximum Gasteiger partial charge on any atom is 0.294 e. The number of hydrogen-bond donors (Lipinski definition) is 0. The molecule has 86 valence electrons. The molecule has 5 heteroatoms. The van der Waals surface area contributed by atoms with Crippen LogP contribution in [0.5, 0.6) is 0 Å². The van der Waals surface area contributed by atoms with Crippen molar-refractivity contribution in [2.75, 3.05) is 0 Å². The fourth-order valence-electron chi connectivity index (χ4n) is 1.80. The van der Waals surface area contributed by atoms with E-state index in [0.29, 0.717) is 12.4 Å². The van der Waals surface area contributed by atoms with Gasteiger partial charge in [0.25, 0.3) is 6.47 Å². The molecule has 1 unspecified atom stereocenters. The molecular weight excluding hydrogens is 214 g/mol. The molecule has 0 aromatic heterocycles. The van der Waals surface area contributed by atoms with Crippen LogP contribution < -0.4 is 0 Å². The first-order valence-electron chi connectivity index (χ1n) is 5.26. The van der Waals surface area contributed by atoms with Gasteiger partial charge in [0.05, 0.1) is 11.4 Å². The molecule has 0 spiro atoms. The summed E-state index contributed by atoms with van der Waals surface area (Å²) >= 11 is -1.07. The van der Waals surface area contributed by atoms with E-state index in [0.717, 1.165) is 0 Å². The lowest BCUT2D eigenvalue weighted by molar-refractivity contribution is -0.130. The van der Waals surface area contributed by atoms with E-state index in [4.69, 9.17) is 4.74 Å². The van der Waals surface area contributed by atoms with Gasteiger partial charge in [-0.15, -0.1) is 0 Å². The van der Waals surface area contributed by atoms with Crippen molar-refractivity contribution in [2.24, 2.45) is 5.92 Å². The molecular formula is C10H17NO3S. The standard InChI is InChI=1S/C10H17NO3S/c1-10(2,3)15(13)11-8(7-4-5-7)9(11)14-6-12/h6-9H,4-5H2,1-3H3/t8-,9+,11?,15-/m0/s1. The molecule has 2 fully saturated rings. The number of carbonyl (C=O) groups excluding carboxylic acids is 1. The number of ether oxygens (including phenoxy) is 1. The quantitative estimate of drug-likeness (QED) is 0.412. The first-order chi connectivity index (χ1) is 6.96. The molecule has 1 saturated carbocycles. The van der Waals surface area contributed by atoms with E-state index in [1.54, 1.807) is 0 Å². The summed E-state index contributed by atoms with van der Waals surface area (Å²) in [7, 11) is 0. The minimum atomic E-state index is -1.07. The van der Waals surface area contributed by atoms with Gasteiger partial charge >= 0.3 is 0 Å². The Morgan fingerprint density at radius 1 is 1.47 bits per heavy atom. The average molecular weight is 231 g/mol. The zero-order valence-electron chi connectivity index (χ0n) is 9.30. The second-order valence-corrected chi connectivity index (χ2v) is 7.32. The smallest absolute Gasteiger partial charge is 0.294 e. The Kier molecular flexibility index (Phi) is 2.73. The predicted octanol–water partition coefficient (Wildman–Crippen LogP) is 1.04. The van der Waals surface area contributed by atoms with Crippen LogP contribution >= 0.6 is 0 Å². The van der Waals surface area contributed by atoms with Crippen LogP contribution in [-0.2, 0) is 20.9 Å². The lowest BCUT2D eigenvalue weighted by atomic mass is 10.3. The van der Waals surface area contributed by atoms with Crippen molar-refractivity contribution >= 4 is 17.8 Å². The van der Waals surface area contributed by atoms with Crippen LogP contribution in [0.3, 0.4) is 0 Å². The zero-order valence-corrected chi connectivity index (χ0v) is 10.1. The molecule has 1 aliphatic carbocycles. The van der Waals surface area contributed by atoms with E-state index in [2.05, 4.69) is 0 Å². The average Bonchev–Trinajstić information content (AvgIpc) is 2.94. The topological polar surface area (TPSA) is 52.4 Å². The Balaban J connectivity index is 1.99. The first-order valence-corrected chi connectivity index (χ1v) is 6.37. The van der Waals surface area contributed by atoms with E-state index in [9.17, 15) is 9.35 Å². The zero-order chi connectivity index (χ0) is 11.2. The van der Waals surface area contributed by atoms with Gasteiger partial charge in [-0.2, -0.15) is 0 Å². The molecule has 15 heavy (non-hydrogen) atoms. The van der Waals surface area contributed by atoms with Crippen LogP contribution in [0, 0.1) is 5.92 Å². The lowest BCUT2D eigenvalue weighted by Crippen LogP contribution is -2.35. The molecule has 1 saturated heterocycles. The van der Waals surface area contributed by atoms with Crippen LogP contribution in [0.2, 0.25) is 0 Å². The Morgan fingerprint density at radius 3 is 2.47 bits per heavy atom. The molecule has 4 nitrogen and oxygen atoms in total. The molecule has 0 N–H and O–H groups in total. The third kappa shape index (κ3) is 2.14. The van der Waals surface area contributed by atoms with E-state index < -0.39 is 11.4 Å². The minimum absolute atomic E-state index is 0.204. The van der Waals surface area contributed by atoms with Gasteiger partial charge in [0.2, 0.25) is 6.23 Å². The molecule has 0 aromatic carbocycles. The molecule has 0 amide bonds. The van der Waals surface area contributed by atoms with Crippen LogP contribution in [0.1, 0.15) is 33.6 Å². The van der Waals surface area contributed by atoms with Gasteiger partial charge in [-0.1, -0.05) is 4.31 Å². The van der Waals surface area contributed by atoms with Gasteiger partial charge in [0, 0.05) is 0 Å². The second-order valence-electron chi connectivity index (χ2n) is 5.17. The Bertz CT molecular complexity index is 262. The fourth-order valence-corrected chi connectivity index (χ4v) is 3.24. The molecule has 1 heterocycles. The van der Waals surface area contributed by atoms with Gasteiger partial charge in [0.15, 0.2) is 0 Å². The number of nitrogens with zero attached hydrogens (tertiary/aromatic N) is 1. The minimum Gasteiger partial charge on any atom is -0.597 e. The highest BCUT2D eigenvalue weighted by Gasteiger charge is 2.66. The van der Waals surface area contributed by atoms with Crippen LogP contribution in [0.15, 0.2) is 0 Å². The number of carbonyl (C=O) groups is 1. The Hall–Kier alpha value is -0.260. The number of rotatable bonds is 4. The number of hydrogen-bond acceptors (Lipinski definition) is 4. The molecule has 4 atom stereocenters. The summed E-state index contributed by atoms with van der Waals surface area (Å²) in [5.74, 6) is 0.584. The van der Waals surface area contributed by atoms with Crippen LogP contribution in [-0.4, -0.2) is 32.3 Å². The fraction of sp³-hybridized carbons (Fsp3) is 0.900. The normalized spacial score (nSPS) is 37.2. The lowest BCUT2D eigenvalue weighted by Gasteiger charge is -2.24. The SMILES string of the molecule is CC(C)(C)[S@+]([O-])N1[C@H](OC=O)[C@@H]1C1CC1. The maximum absolute atomic E-state index is 12.1. The van der Waals surface area contributed by atoms with Crippen LogP contribution in [0.25, 0.3) is 0 Å². The summed E-state index contributed by atoms with van der Waals surface area (Å²) in [4.78, 5) is 10.3. The molecule has 2 rings (SSSR count). The molecule has 2 aliphatic rings. The highest BCUT2D eigenvalue weighted by atomic mass is 32.2. The van der Waals surface area contributed by atoms with Crippen molar-refractivity contribution in [1.82, 2.24) is 4.31 Å². The maximum atomic E-state index is 12.1. The van der Waals surface area contributed by atoms with Crippen molar-refractivity contribution in [1.29, 1.82) is 0 Å². The first kappa shape index (κ1) is 11.2. The monoisotopic (exact) mass is 231 g/mol. The predicted molar refractivity (Wildman–Crippen MR) is 57.2 cm³/mol. The Morgan fingerprint density at radius 2 is 2.07 bits per heavy atom. The summed E-state index contributed by atoms with van der Waals surface area (Å²) in [5, 5.41) is 0. The van der Waals surface area contributed by atoms with Crippen molar-refractivity contribution in [3.05, 3.63) is 0 Å².